The summed E-state index contributed by atoms with van der Waals surface area (Å²) in [5.74, 6) is 2.42. The van der Waals surface area contributed by atoms with Crippen molar-refractivity contribution in [2.45, 2.75) is 19.3 Å². The lowest BCUT2D eigenvalue weighted by Gasteiger charge is -2.32. The van der Waals surface area contributed by atoms with Gasteiger partial charge in [-0.1, -0.05) is 60.7 Å². The summed E-state index contributed by atoms with van der Waals surface area (Å²) < 4.78 is 1.94. The van der Waals surface area contributed by atoms with E-state index < -0.39 is 0 Å². The number of anilines is 1. The lowest BCUT2D eigenvalue weighted by atomic mass is 9.97. The molecule has 1 unspecified atom stereocenters. The second kappa shape index (κ2) is 10.3. The highest BCUT2D eigenvalue weighted by Crippen LogP contribution is 2.24. The normalized spacial score (nSPS) is 15.8. The van der Waals surface area contributed by atoms with Crippen LogP contribution in [0.3, 0.4) is 0 Å². The van der Waals surface area contributed by atoms with Crippen LogP contribution in [0.15, 0.2) is 85.2 Å². The second-order valence-electron chi connectivity index (χ2n) is 8.55. The van der Waals surface area contributed by atoms with Crippen molar-refractivity contribution in [3.05, 3.63) is 90.8 Å². The Morgan fingerprint density at radius 1 is 0.941 bits per heavy atom. The molecule has 1 aliphatic heterocycles. The van der Waals surface area contributed by atoms with Gasteiger partial charge < -0.3 is 10.2 Å². The molecule has 1 N–H and O–H groups in total. The minimum Gasteiger partial charge on any atom is -0.355 e. The van der Waals surface area contributed by atoms with Gasteiger partial charge in [-0.15, -0.1) is 10.2 Å². The molecule has 4 aromatic rings. The van der Waals surface area contributed by atoms with E-state index in [1.165, 1.54) is 5.56 Å². The number of aromatic nitrogens is 4. The lowest BCUT2D eigenvalue weighted by Crippen LogP contribution is -2.43. The third-order valence-corrected chi connectivity index (χ3v) is 6.23. The molecule has 3 heterocycles. The number of piperidine rings is 1. The van der Waals surface area contributed by atoms with Gasteiger partial charge in [0.25, 0.3) is 0 Å². The first kappa shape index (κ1) is 21.8. The van der Waals surface area contributed by atoms with E-state index >= 15 is 0 Å². The number of carbonyl (C=O) groups is 1. The molecular weight excluding hydrogens is 424 g/mol. The first-order chi connectivity index (χ1) is 16.8. The maximum absolute atomic E-state index is 12.8. The molecule has 0 bridgehead atoms. The summed E-state index contributed by atoms with van der Waals surface area (Å²) in [6.45, 7) is 2.19. The number of nitrogens with one attached hydrogen (secondary N) is 1. The number of nitrogens with zero attached hydrogens (tertiary/aromatic N) is 5. The third kappa shape index (κ3) is 4.98. The molecule has 34 heavy (non-hydrogen) atoms. The molecule has 1 saturated heterocycles. The van der Waals surface area contributed by atoms with Crippen LogP contribution in [0.4, 0.5) is 5.82 Å². The van der Waals surface area contributed by atoms with Gasteiger partial charge in [-0.2, -0.15) is 0 Å². The monoisotopic (exact) mass is 452 g/mol. The summed E-state index contributed by atoms with van der Waals surface area (Å²) in [7, 11) is 0. The molecule has 1 amide bonds. The fourth-order valence-electron chi connectivity index (χ4n) is 4.42. The second-order valence-corrected chi connectivity index (χ2v) is 8.55. The summed E-state index contributed by atoms with van der Waals surface area (Å²) in [5.41, 5.74) is 2.26. The summed E-state index contributed by atoms with van der Waals surface area (Å²) in [6.07, 6.45) is 6.36. The van der Waals surface area contributed by atoms with Gasteiger partial charge in [-0.3, -0.25) is 9.36 Å². The topological polar surface area (TPSA) is 75.9 Å². The molecule has 7 heteroatoms. The number of rotatable bonds is 7. The summed E-state index contributed by atoms with van der Waals surface area (Å²) in [6, 6.07) is 24.2. The average molecular weight is 453 g/mol. The SMILES string of the molecule is O=C(NCCc1ccccc1)C1CCCN(c2ccc(-n3ccnc3-c3ccccc3)nn2)C1. The Bertz CT molecular complexity index is 1210. The molecule has 1 aliphatic rings. The van der Waals surface area contributed by atoms with Gasteiger partial charge in [0.1, 0.15) is 5.82 Å². The van der Waals surface area contributed by atoms with E-state index in [1.807, 2.05) is 71.4 Å². The molecule has 0 aliphatic carbocycles. The van der Waals surface area contributed by atoms with Gasteiger partial charge in [0.2, 0.25) is 5.91 Å². The fourth-order valence-corrected chi connectivity index (χ4v) is 4.42. The maximum Gasteiger partial charge on any atom is 0.224 e. The number of imidazole rings is 1. The molecule has 5 rings (SSSR count). The number of benzene rings is 2. The number of amides is 1. The molecule has 0 spiro atoms. The van der Waals surface area contributed by atoms with Gasteiger partial charge in [0.15, 0.2) is 11.6 Å². The van der Waals surface area contributed by atoms with Crippen LogP contribution in [0.25, 0.3) is 17.2 Å². The molecule has 2 aromatic carbocycles. The van der Waals surface area contributed by atoms with E-state index in [0.29, 0.717) is 18.9 Å². The summed E-state index contributed by atoms with van der Waals surface area (Å²) in [5, 5.41) is 12.1. The highest BCUT2D eigenvalue weighted by molar-refractivity contribution is 5.79. The minimum absolute atomic E-state index is 0.0377. The zero-order valence-corrected chi connectivity index (χ0v) is 19.0. The largest absolute Gasteiger partial charge is 0.355 e. The molecule has 2 aromatic heterocycles. The smallest absolute Gasteiger partial charge is 0.224 e. The van der Waals surface area contributed by atoms with Gasteiger partial charge in [-0.05, 0) is 37.0 Å². The zero-order valence-electron chi connectivity index (χ0n) is 19.0. The number of hydrogen-bond donors (Lipinski definition) is 1. The van der Waals surface area contributed by atoms with Crippen molar-refractivity contribution in [2.24, 2.45) is 5.92 Å². The van der Waals surface area contributed by atoms with Crippen LogP contribution < -0.4 is 10.2 Å². The minimum atomic E-state index is -0.0377. The fraction of sp³-hybridized carbons (Fsp3) is 0.259. The van der Waals surface area contributed by atoms with Crippen LogP contribution in [-0.4, -0.2) is 45.3 Å². The van der Waals surface area contributed by atoms with Crippen molar-refractivity contribution >= 4 is 11.7 Å². The van der Waals surface area contributed by atoms with E-state index in [-0.39, 0.29) is 11.8 Å². The molecule has 1 fully saturated rings. The molecule has 0 radical (unpaired) electrons. The van der Waals surface area contributed by atoms with Crippen molar-refractivity contribution in [1.82, 2.24) is 25.1 Å². The molecule has 0 saturated carbocycles. The highest BCUT2D eigenvalue weighted by atomic mass is 16.1. The van der Waals surface area contributed by atoms with Crippen LogP contribution in [0.5, 0.6) is 0 Å². The van der Waals surface area contributed by atoms with Crippen LogP contribution in [0.2, 0.25) is 0 Å². The average Bonchev–Trinajstić information content (AvgIpc) is 3.40. The third-order valence-electron chi connectivity index (χ3n) is 6.23. The standard InChI is InChI=1S/C27H28N6O/c34-27(29-16-15-21-8-3-1-4-9-21)23-12-7-18-32(20-23)24-13-14-25(31-30-24)33-19-17-28-26(33)22-10-5-2-6-11-22/h1-6,8-11,13-14,17,19,23H,7,12,15-16,18,20H2,(H,29,34). The van der Waals surface area contributed by atoms with Gasteiger partial charge in [-0.25, -0.2) is 4.98 Å². The summed E-state index contributed by atoms with van der Waals surface area (Å²) in [4.78, 5) is 19.4. The van der Waals surface area contributed by atoms with E-state index in [2.05, 4.69) is 37.5 Å². The van der Waals surface area contributed by atoms with Crippen molar-refractivity contribution < 1.29 is 4.79 Å². The number of carbonyl (C=O) groups excluding carboxylic acids is 1. The Morgan fingerprint density at radius 2 is 1.68 bits per heavy atom. The van der Waals surface area contributed by atoms with Crippen molar-refractivity contribution in [3.8, 4) is 17.2 Å². The molecule has 172 valence electrons. The van der Waals surface area contributed by atoms with Crippen molar-refractivity contribution in [3.63, 3.8) is 0 Å². The molecular formula is C27H28N6O. The highest BCUT2D eigenvalue weighted by Gasteiger charge is 2.26. The van der Waals surface area contributed by atoms with Gasteiger partial charge >= 0.3 is 0 Å². The van der Waals surface area contributed by atoms with Crippen molar-refractivity contribution in [2.75, 3.05) is 24.5 Å². The zero-order chi connectivity index (χ0) is 23.2. The van der Waals surface area contributed by atoms with Gasteiger partial charge in [0, 0.05) is 37.6 Å². The Kier molecular flexibility index (Phi) is 6.61. The van der Waals surface area contributed by atoms with Crippen LogP contribution in [0.1, 0.15) is 18.4 Å². The Morgan fingerprint density at radius 3 is 2.44 bits per heavy atom. The number of hydrogen-bond acceptors (Lipinski definition) is 5. The van der Waals surface area contributed by atoms with E-state index in [9.17, 15) is 4.79 Å². The van der Waals surface area contributed by atoms with Crippen LogP contribution in [-0.2, 0) is 11.2 Å². The lowest BCUT2D eigenvalue weighted by molar-refractivity contribution is -0.125. The quantitative estimate of drug-likeness (QED) is 0.460. The van der Waals surface area contributed by atoms with Crippen molar-refractivity contribution in [1.29, 1.82) is 0 Å². The summed E-state index contributed by atoms with van der Waals surface area (Å²) >= 11 is 0. The Labute approximate surface area is 199 Å². The maximum atomic E-state index is 12.8. The Hall–Kier alpha value is -4.00. The van der Waals surface area contributed by atoms with E-state index in [1.54, 1.807) is 6.20 Å². The van der Waals surface area contributed by atoms with Crippen LogP contribution >= 0.6 is 0 Å². The van der Waals surface area contributed by atoms with Crippen LogP contribution in [0, 0.1) is 5.92 Å². The molecule has 1 atom stereocenters. The first-order valence-electron chi connectivity index (χ1n) is 11.8. The van der Waals surface area contributed by atoms with E-state index in [0.717, 1.165) is 43.0 Å². The predicted octanol–water partition coefficient (Wildman–Crippen LogP) is 3.90. The first-order valence-corrected chi connectivity index (χ1v) is 11.8. The Balaban J connectivity index is 1.21. The van der Waals surface area contributed by atoms with Gasteiger partial charge in [0.05, 0.1) is 5.92 Å². The van der Waals surface area contributed by atoms with E-state index in [4.69, 9.17) is 0 Å². The molecule has 7 nitrogen and oxygen atoms in total. The predicted molar refractivity (Wildman–Crippen MR) is 133 cm³/mol.